The Morgan fingerprint density at radius 1 is 1.15 bits per heavy atom. The largest absolute Gasteiger partial charge is 0.444 e. The standard InChI is InChI=1S/C26H31FN2O4/c1-26(2,3)33-25(31)28-15-17-14-22(32-16-17)24(30)29-13-12-18-6-4-5-7-21(18)23(29)19-8-10-20(27)11-9-19/h4-11,17,22-23H,12-16H2,1-3H3,(H,28,31)/t17-,22+,23+/m1/s1. The molecule has 33 heavy (non-hydrogen) atoms. The van der Waals surface area contributed by atoms with Gasteiger partial charge in [0.05, 0.1) is 12.6 Å². The lowest BCUT2D eigenvalue weighted by Crippen LogP contribution is -2.45. The monoisotopic (exact) mass is 454 g/mol. The van der Waals surface area contributed by atoms with Gasteiger partial charge in [-0.3, -0.25) is 4.79 Å². The van der Waals surface area contributed by atoms with E-state index in [1.54, 1.807) is 12.1 Å². The van der Waals surface area contributed by atoms with Crippen molar-refractivity contribution in [2.24, 2.45) is 5.92 Å². The van der Waals surface area contributed by atoms with Crippen LogP contribution in [0, 0.1) is 11.7 Å². The van der Waals surface area contributed by atoms with Gasteiger partial charge >= 0.3 is 6.09 Å². The molecule has 7 heteroatoms. The number of hydrogen-bond acceptors (Lipinski definition) is 4. The van der Waals surface area contributed by atoms with Crippen LogP contribution in [0.5, 0.6) is 0 Å². The lowest BCUT2D eigenvalue weighted by atomic mass is 9.87. The van der Waals surface area contributed by atoms with Crippen LogP contribution in [0.3, 0.4) is 0 Å². The first-order chi connectivity index (χ1) is 15.7. The van der Waals surface area contributed by atoms with Crippen molar-refractivity contribution in [2.45, 2.75) is 51.4 Å². The number of amides is 2. The maximum atomic E-state index is 13.6. The fraction of sp³-hybridized carbons (Fsp3) is 0.462. The summed E-state index contributed by atoms with van der Waals surface area (Å²) in [6, 6.07) is 14.1. The van der Waals surface area contributed by atoms with E-state index >= 15 is 0 Å². The Balaban J connectivity index is 1.46. The number of alkyl carbamates (subject to hydrolysis) is 1. The van der Waals surface area contributed by atoms with Crippen LogP contribution in [0.2, 0.25) is 0 Å². The molecular formula is C26H31FN2O4. The molecule has 1 saturated heterocycles. The maximum absolute atomic E-state index is 13.6. The van der Waals surface area contributed by atoms with Crippen molar-refractivity contribution in [3.63, 3.8) is 0 Å². The highest BCUT2D eigenvalue weighted by atomic mass is 19.1. The SMILES string of the molecule is CC(C)(C)OC(=O)NC[C@@H]1CO[C@H](C(=O)N2CCc3ccccc3[C@@H]2c2ccc(F)cc2)C1. The van der Waals surface area contributed by atoms with Gasteiger partial charge in [0.25, 0.3) is 5.91 Å². The molecule has 0 saturated carbocycles. The highest BCUT2D eigenvalue weighted by Crippen LogP contribution is 2.36. The fourth-order valence-electron chi connectivity index (χ4n) is 4.54. The molecule has 6 nitrogen and oxygen atoms in total. The number of hydrogen-bond donors (Lipinski definition) is 1. The minimum absolute atomic E-state index is 0.0350. The van der Waals surface area contributed by atoms with Crippen molar-refractivity contribution < 1.29 is 23.5 Å². The van der Waals surface area contributed by atoms with Crippen molar-refractivity contribution in [3.05, 3.63) is 71.0 Å². The summed E-state index contributed by atoms with van der Waals surface area (Å²) in [5, 5.41) is 2.77. The van der Waals surface area contributed by atoms with Gasteiger partial charge in [0.15, 0.2) is 0 Å². The van der Waals surface area contributed by atoms with E-state index in [1.807, 2.05) is 43.9 Å². The zero-order valence-electron chi connectivity index (χ0n) is 19.3. The molecule has 0 bridgehead atoms. The number of nitrogens with one attached hydrogen (secondary N) is 1. The Labute approximate surface area is 194 Å². The van der Waals surface area contributed by atoms with E-state index in [0.717, 1.165) is 17.5 Å². The number of carbonyl (C=O) groups excluding carboxylic acids is 2. The third-order valence-electron chi connectivity index (χ3n) is 6.04. The molecule has 2 aromatic carbocycles. The predicted molar refractivity (Wildman–Crippen MR) is 122 cm³/mol. The van der Waals surface area contributed by atoms with Crippen LogP contribution >= 0.6 is 0 Å². The molecule has 2 aromatic rings. The van der Waals surface area contributed by atoms with Crippen LogP contribution in [-0.4, -0.2) is 48.3 Å². The maximum Gasteiger partial charge on any atom is 0.407 e. The minimum Gasteiger partial charge on any atom is -0.444 e. The smallest absolute Gasteiger partial charge is 0.407 e. The molecule has 176 valence electrons. The lowest BCUT2D eigenvalue weighted by Gasteiger charge is -2.39. The zero-order valence-corrected chi connectivity index (χ0v) is 19.3. The molecule has 1 fully saturated rings. The first-order valence-electron chi connectivity index (χ1n) is 11.4. The number of halogens is 1. The van der Waals surface area contributed by atoms with Crippen LogP contribution in [0.1, 0.15) is 49.9 Å². The topological polar surface area (TPSA) is 67.9 Å². The molecule has 1 N–H and O–H groups in total. The summed E-state index contributed by atoms with van der Waals surface area (Å²) in [4.78, 5) is 27.3. The second kappa shape index (κ2) is 9.51. The van der Waals surface area contributed by atoms with Crippen LogP contribution in [0.25, 0.3) is 0 Å². The molecule has 0 spiro atoms. The molecule has 2 aliphatic rings. The van der Waals surface area contributed by atoms with Crippen LogP contribution in [0.15, 0.2) is 48.5 Å². The third-order valence-corrected chi connectivity index (χ3v) is 6.04. The summed E-state index contributed by atoms with van der Waals surface area (Å²) < 4.78 is 24.7. The first-order valence-corrected chi connectivity index (χ1v) is 11.4. The molecule has 0 unspecified atom stereocenters. The molecule has 4 rings (SSSR count). The average molecular weight is 455 g/mol. The molecule has 0 radical (unpaired) electrons. The van der Waals surface area contributed by atoms with E-state index in [1.165, 1.54) is 17.7 Å². The van der Waals surface area contributed by atoms with Gasteiger partial charge in [0.2, 0.25) is 0 Å². The second-order valence-electron chi connectivity index (χ2n) is 9.74. The molecule has 0 aromatic heterocycles. The summed E-state index contributed by atoms with van der Waals surface area (Å²) >= 11 is 0. The Morgan fingerprint density at radius 2 is 1.88 bits per heavy atom. The number of ether oxygens (including phenoxy) is 2. The summed E-state index contributed by atoms with van der Waals surface area (Å²) in [7, 11) is 0. The van der Waals surface area contributed by atoms with Gasteiger partial charge in [0.1, 0.15) is 17.5 Å². The summed E-state index contributed by atoms with van der Waals surface area (Å²) in [6.07, 6.45) is 0.253. The fourth-order valence-corrected chi connectivity index (χ4v) is 4.54. The van der Waals surface area contributed by atoms with Crippen molar-refractivity contribution in [3.8, 4) is 0 Å². The molecule has 2 amide bonds. The van der Waals surface area contributed by atoms with Gasteiger partial charge in [-0.15, -0.1) is 0 Å². The van der Waals surface area contributed by atoms with Gasteiger partial charge in [0, 0.05) is 19.0 Å². The molecule has 2 heterocycles. The molecule has 3 atom stereocenters. The summed E-state index contributed by atoms with van der Waals surface area (Å²) in [5.74, 6) is -0.341. The Kier molecular flexibility index (Phi) is 6.70. The van der Waals surface area contributed by atoms with Gasteiger partial charge in [-0.05, 0) is 62.4 Å². The molecule has 0 aliphatic carbocycles. The van der Waals surface area contributed by atoms with Crippen molar-refractivity contribution in [1.82, 2.24) is 10.2 Å². The van der Waals surface area contributed by atoms with E-state index in [-0.39, 0.29) is 23.7 Å². The van der Waals surface area contributed by atoms with E-state index in [2.05, 4.69) is 11.4 Å². The molecular weight excluding hydrogens is 423 g/mol. The summed E-state index contributed by atoms with van der Waals surface area (Å²) in [6.45, 7) is 6.80. The van der Waals surface area contributed by atoms with Crippen molar-refractivity contribution >= 4 is 12.0 Å². The Bertz CT molecular complexity index is 1000. The quantitative estimate of drug-likeness (QED) is 0.751. The Morgan fingerprint density at radius 3 is 2.61 bits per heavy atom. The Hall–Kier alpha value is -2.93. The predicted octanol–water partition coefficient (Wildman–Crippen LogP) is 4.23. The lowest BCUT2D eigenvalue weighted by molar-refractivity contribution is -0.143. The first kappa shape index (κ1) is 23.2. The van der Waals surface area contributed by atoms with Gasteiger partial charge in [-0.2, -0.15) is 0 Å². The van der Waals surface area contributed by atoms with E-state index in [9.17, 15) is 14.0 Å². The number of nitrogens with zero attached hydrogens (tertiary/aromatic N) is 1. The minimum atomic E-state index is -0.566. The van der Waals surface area contributed by atoms with Gasteiger partial charge in [-0.1, -0.05) is 36.4 Å². The third kappa shape index (κ3) is 5.53. The van der Waals surface area contributed by atoms with Crippen LogP contribution in [0.4, 0.5) is 9.18 Å². The number of rotatable bonds is 4. The average Bonchev–Trinajstić information content (AvgIpc) is 3.25. The number of carbonyl (C=O) groups is 2. The van der Waals surface area contributed by atoms with E-state index in [4.69, 9.17) is 9.47 Å². The van der Waals surface area contributed by atoms with E-state index < -0.39 is 17.8 Å². The summed E-state index contributed by atoms with van der Waals surface area (Å²) in [5.41, 5.74) is 2.57. The van der Waals surface area contributed by atoms with E-state index in [0.29, 0.717) is 26.1 Å². The van der Waals surface area contributed by atoms with Crippen molar-refractivity contribution in [2.75, 3.05) is 19.7 Å². The number of fused-ring (bicyclic) bond motifs is 1. The van der Waals surface area contributed by atoms with Gasteiger partial charge < -0.3 is 19.7 Å². The van der Waals surface area contributed by atoms with Crippen molar-refractivity contribution in [1.29, 1.82) is 0 Å². The van der Waals surface area contributed by atoms with Crippen LogP contribution in [-0.2, 0) is 20.7 Å². The second-order valence-corrected chi connectivity index (χ2v) is 9.74. The highest BCUT2D eigenvalue weighted by molar-refractivity contribution is 5.82. The highest BCUT2D eigenvalue weighted by Gasteiger charge is 2.39. The van der Waals surface area contributed by atoms with Crippen LogP contribution < -0.4 is 5.32 Å². The normalized spacial score (nSPS) is 22.5. The number of benzene rings is 2. The zero-order chi connectivity index (χ0) is 23.6. The van der Waals surface area contributed by atoms with Gasteiger partial charge in [-0.25, -0.2) is 9.18 Å². The molecule has 2 aliphatic heterocycles.